The molecule has 0 radical (unpaired) electrons. The van der Waals surface area contributed by atoms with Crippen molar-refractivity contribution in [1.29, 1.82) is 0 Å². The van der Waals surface area contributed by atoms with E-state index in [-0.39, 0.29) is 0 Å². The minimum absolute atomic E-state index is 0.509. The molecule has 0 aliphatic heterocycles. The maximum Gasteiger partial charge on any atom is 0.128 e. The van der Waals surface area contributed by atoms with E-state index in [1.165, 1.54) is 0 Å². The lowest BCUT2D eigenvalue weighted by Crippen LogP contribution is -1.97. The van der Waals surface area contributed by atoms with Crippen LogP contribution < -0.4 is 10.5 Å². The number of nitrogens with one attached hydrogen (secondary N) is 1. The van der Waals surface area contributed by atoms with Crippen molar-refractivity contribution in [2.45, 2.75) is 6.54 Å². The van der Waals surface area contributed by atoms with Gasteiger partial charge < -0.3 is 15.5 Å². The Labute approximate surface area is 111 Å². The third-order valence-electron chi connectivity index (χ3n) is 3.22. The van der Waals surface area contributed by atoms with Gasteiger partial charge in [-0.3, -0.25) is 4.98 Å². The number of pyridine rings is 1. The normalized spacial score (nSPS) is 10.8. The first-order valence-electron chi connectivity index (χ1n) is 6.13. The summed E-state index contributed by atoms with van der Waals surface area (Å²) in [5.41, 5.74) is 9.71. The molecule has 0 fully saturated rings. The number of aromatic nitrogens is 2. The predicted molar refractivity (Wildman–Crippen MR) is 76.0 cm³/mol. The van der Waals surface area contributed by atoms with Crippen LogP contribution in [0.25, 0.3) is 22.2 Å². The Hall–Kier alpha value is -2.33. The Morgan fingerprint density at radius 1 is 1.32 bits per heavy atom. The molecule has 3 rings (SSSR count). The monoisotopic (exact) mass is 253 g/mol. The Balaban J connectivity index is 2.24. The van der Waals surface area contributed by atoms with Crippen LogP contribution in [-0.2, 0) is 6.54 Å². The largest absolute Gasteiger partial charge is 0.496 e. The highest BCUT2D eigenvalue weighted by Gasteiger charge is 2.11. The molecule has 19 heavy (non-hydrogen) atoms. The van der Waals surface area contributed by atoms with Crippen LogP contribution in [0.15, 0.2) is 42.7 Å². The van der Waals surface area contributed by atoms with Gasteiger partial charge in [-0.05, 0) is 29.8 Å². The molecule has 0 saturated heterocycles. The van der Waals surface area contributed by atoms with Crippen LogP contribution in [0.4, 0.5) is 0 Å². The summed E-state index contributed by atoms with van der Waals surface area (Å²) in [7, 11) is 1.68. The maximum absolute atomic E-state index is 5.68. The highest BCUT2D eigenvalue weighted by molar-refractivity contribution is 5.99. The Morgan fingerprint density at radius 2 is 2.21 bits per heavy atom. The van der Waals surface area contributed by atoms with Gasteiger partial charge in [0.05, 0.1) is 18.2 Å². The van der Waals surface area contributed by atoms with E-state index in [1.54, 1.807) is 13.3 Å². The van der Waals surface area contributed by atoms with Crippen molar-refractivity contribution in [1.82, 2.24) is 9.97 Å². The number of aromatic amines is 1. The van der Waals surface area contributed by atoms with E-state index in [1.807, 2.05) is 36.5 Å². The number of benzene rings is 1. The van der Waals surface area contributed by atoms with Crippen LogP contribution in [0, 0.1) is 0 Å². The molecule has 0 unspecified atom stereocenters. The highest BCUT2D eigenvalue weighted by Crippen LogP contribution is 2.34. The molecule has 0 saturated carbocycles. The minimum Gasteiger partial charge on any atom is -0.496 e. The predicted octanol–water partition coefficient (Wildman–Crippen LogP) is 2.70. The number of fused-ring (bicyclic) bond motifs is 1. The molecule has 0 aliphatic carbocycles. The molecule has 0 bridgehead atoms. The summed E-state index contributed by atoms with van der Waals surface area (Å²) in [5.74, 6) is 0.841. The molecule has 3 N–H and O–H groups in total. The molecule has 4 nitrogen and oxygen atoms in total. The number of hydrogen-bond acceptors (Lipinski definition) is 3. The van der Waals surface area contributed by atoms with Crippen molar-refractivity contribution in [2.75, 3.05) is 7.11 Å². The van der Waals surface area contributed by atoms with E-state index in [9.17, 15) is 0 Å². The highest BCUT2D eigenvalue weighted by atomic mass is 16.5. The average Bonchev–Trinajstić information content (AvgIpc) is 2.91. The summed E-state index contributed by atoms with van der Waals surface area (Å²) < 4.78 is 5.43. The number of hydrogen-bond donors (Lipinski definition) is 2. The van der Waals surface area contributed by atoms with Gasteiger partial charge in [-0.25, -0.2) is 0 Å². The lowest BCUT2D eigenvalue weighted by molar-refractivity contribution is 0.420. The van der Waals surface area contributed by atoms with Crippen LogP contribution in [0.1, 0.15) is 5.56 Å². The minimum atomic E-state index is 0.509. The molecule has 0 atom stereocenters. The van der Waals surface area contributed by atoms with E-state index in [4.69, 9.17) is 10.5 Å². The number of H-pyrrole nitrogens is 1. The number of nitrogens with two attached hydrogens (primary N) is 1. The van der Waals surface area contributed by atoms with Gasteiger partial charge in [0.1, 0.15) is 5.75 Å². The second-order valence-corrected chi connectivity index (χ2v) is 4.34. The van der Waals surface area contributed by atoms with Gasteiger partial charge in [-0.1, -0.05) is 6.07 Å². The number of ether oxygens (including phenoxy) is 1. The van der Waals surface area contributed by atoms with Gasteiger partial charge in [-0.2, -0.15) is 0 Å². The third kappa shape index (κ3) is 1.96. The molecule has 0 amide bonds. The van der Waals surface area contributed by atoms with Gasteiger partial charge >= 0.3 is 0 Å². The molecule has 0 spiro atoms. The first-order valence-corrected chi connectivity index (χ1v) is 6.13. The average molecular weight is 253 g/mol. The molecule has 96 valence electrons. The Bertz CT molecular complexity index is 718. The van der Waals surface area contributed by atoms with Gasteiger partial charge in [0.15, 0.2) is 0 Å². The maximum atomic E-state index is 5.68. The van der Waals surface area contributed by atoms with E-state index in [0.29, 0.717) is 6.54 Å². The number of rotatable bonds is 3. The van der Waals surface area contributed by atoms with Crippen molar-refractivity contribution in [2.24, 2.45) is 5.73 Å². The molecule has 3 aromatic rings. The van der Waals surface area contributed by atoms with Crippen molar-refractivity contribution in [3.05, 3.63) is 48.3 Å². The molecular formula is C15H15N3O. The summed E-state index contributed by atoms with van der Waals surface area (Å²) in [5, 5.41) is 1.05. The third-order valence-corrected chi connectivity index (χ3v) is 3.22. The molecule has 2 aromatic heterocycles. The molecule has 4 heteroatoms. The zero-order valence-corrected chi connectivity index (χ0v) is 10.7. The van der Waals surface area contributed by atoms with E-state index in [2.05, 4.69) is 9.97 Å². The van der Waals surface area contributed by atoms with Crippen molar-refractivity contribution < 1.29 is 4.74 Å². The molecule has 0 aliphatic rings. The summed E-state index contributed by atoms with van der Waals surface area (Å²) in [6.07, 6.45) is 3.74. The zero-order valence-electron chi connectivity index (χ0n) is 10.7. The summed E-state index contributed by atoms with van der Waals surface area (Å²) in [4.78, 5) is 7.67. The van der Waals surface area contributed by atoms with E-state index in [0.717, 1.165) is 33.5 Å². The number of methoxy groups -OCH3 is 1. The Kier molecular flexibility index (Phi) is 2.93. The number of nitrogens with zero attached hydrogens (tertiary/aromatic N) is 1. The van der Waals surface area contributed by atoms with Crippen molar-refractivity contribution >= 4 is 10.9 Å². The lowest BCUT2D eigenvalue weighted by Gasteiger charge is -2.05. The fourth-order valence-corrected chi connectivity index (χ4v) is 2.27. The van der Waals surface area contributed by atoms with Crippen LogP contribution in [-0.4, -0.2) is 17.1 Å². The summed E-state index contributed by atoms with van der Waals surface area (Å²) >= 11 is 0. The van der Waals surface area contributed by atoms with Gasteiger partial charge in [0, 0.05) is 30.0 Å². The second-order valence-electron chi connectivity index (χ2n) is 4.34. The standard InChI is InChI=1S/C15H15N3O/c1-19-14-4-2-3-12-15(14)11(9-18-12)13-7-10(8-16)5-6-17-13/h2-7,9,18H,8,16H2,1H3. The smallest absolute Gasteiger partial charge is 0.128 e. The molecule has 1 aromatic carbocycles. The van der Waals surface area contributed by atoms with Crippen LogP contribution in [0.3, 0.4) is 0 Å². The first-order chi connectivity index (χ1) is 9.33. The van der Waals surface area contributed by atoms with Gasteiger partial charge in [0.25, 0.3) is 0 Å². The van der Waals surface area contributed by atoms with Crippen molar-refractivity contribution in [3.63, 3.8) is 0 Å². The van der Waals surface area contributed by atoms with Gasteiger partial charge in [0.2, 0.25) is 0 Å². The summed E-state index contributed by atoms with van der Waals surface area (Å²) in [6, 6.07) is 9.87. The van der Waals surface area contributed by atoms with Crippen LogP contribution in [0.2, 0.25) is 0 Å². The zero-order chi connectivity index (χ0) is 13.2. The fraction of sp³-hybridized carbons (Fsp3) is 0.133. The quantitative estimate of drug-likeness (QED) is 0.754. The molecular weight excluding hydrogens is 238 g/mol. The summed E-state index contributed by atoms with van der Waals surface area (Å²) in [6.45, 7) is 0.509. The Morgan fingerprint density at radius 3 is 3.00 bits per heavy atom. The molecule has 2 heterocycles. The lowest BCUT2D eigenvalue weighted by atomic mass is 10.1. The van der Waals surface area contributed by atoms with E-state index < -0.39 is 0 Å². The van der Waals surface area contributed by atoms with Gasteiger partial charge in [-0.15, -0.1) is 0 Å². The van der Waals surface area contributed by atoms with Crippen LogP contribution >= 0.6 is 0 Å². The van der Waals surface area contributed by atoms with E-state index >= 15 is 0 Å². The first kappa shape index (κ1) is 11.7. The fourth-order valence-electron chi connectivity index (χ4n) is 2.27. The topological polar surface area (TPSA) is 63.9 Å². The van der Waals surface area contributed by atoms with Crippen molar-refractivity contribution in [3.8, 4) is 17.0 Å². The van der Waals surface area contributed by atoms with Crippen LogP contribution in [0.5, 0.6) is 5.75 Å². The second kappa shape index (κ2) is 4.74. The SMILES string of the molecule is COc1cccc2[nH]cc(-c3cc(CN)ccn3)c12.